The van der Waals surface area contributed by atoms with Gasteiger partial charge in [-0.25, -0.2) is 0 Å². The zero-order chi connectivity index (χ0) is 15.8. The van der Waals surface area contributed by atoms with Gasteiger partial charge in [0.25, 0.3) is 5.91 Å². The van der Waals surface area contributed by atoms with Crippen LogP contribution in [0.2, 0.25) is 0 Å². The number of carbonyl (C=O) groups is 1. The van der Waals surface area contributed by atoms with Gasteiger partial charge >= 0.3 is 0 Å². The van der Waals surface area contributed by atoms with E-state index in [1.807, 2.05) is 13.8 Å². The molecule has 4 nitrogen and oxygen atoms in total. The minimum Gasteiger partial charge on any atom is -0.508 e. The Kier molecular flexibility index (Phi) is 6.43. The second-order valence-electron chi connectivity index (χ2n) is 4.31. The lowest BCUT2D eigenvalue weighted by molar-refractivity contribution is 0.102. The minimum atomic E-state index is -0.285. The van der Waals surface area contributed by atoms with E-state index in [1.54, 1.807) is 43.3 Å². The zero-order valence-electron chi connectivity index (χ0n) is 12.6. The Hall–Kier alpha value is -2.33. The molecule has 0 saturated heterocycles. The van der Waals surface area contributed by atoms with Crippen LogP contribution < -0.4 is 5.32 Å². The number of amides is 1. The topological polar surface area (TPSA) is 69.6 Å². The van der Waals surface area contributed by atoms with Crippen LogP contribution in [0.5, 0.6) is 5.75 Å². The summed E-state index contributed by atoms with van der Waals surface area (Å²) in [6, 6.07) is 11.7. The highest BCUT2D eigenvalue weighted by Gasteiger charge is 2.08. The maximum atomic E-state index is 12.0. The Labute approximate surface area is 125 Å². The number of carbonyl (C=O) groups excluding carboxylic acids is 1. The average molecular weight is 287 g/mol. The first-order valence-electron chi connectivity index (χ1n) is 6.91. The normalized spacial score (nSPS) is 9.52. The fourth-order valence-corrected chi connectivity index (χ4v) is 1.65. The van der Waals surface area contributed by atoms with Gasteiger partial charge in [-0.3, -0.25) is 4.79 Å². The Bertz CT molecular complexity index is 591. The number of aliphatic hydroxyl groups is 1. The second-order valence-corrected chi connectivity index (χ2v) is 4.31. The molecule has 4 heteroatoms. The van der Waals surface area contributed by atoms with Gasteiger partial charge in [0, 0.05) is 11.3 Å². The first-order valence-corrected chi connectivity index (χ1v) is 6.91. The summed E-state index contributed by atoms with van der Waals surface area (Å²) >= 11 is 0. The lowest BCUT2D eigenvalue weighted by Crippen LogP contribution is -2.11. The van der Waals surface area contributed by atoms with Crippen molar-refractivity contribution in [3.63, 3.8) is 0 Å². The Morgan fingerprint density at radius 3 is 2.24 bits per heavy atom. The van der Waals surface area contributed by atoms with E-state index in [-0.39, 0.29) is 18.3 Å². The molecule has 0 spiro atoms. The van der Waals surface area contributed by atoms with Crippen molar-refractivity contribution in [2.45, 2.75) is 27.4 Å². The van der Waals surface area contributed by atoms with Crippen LogP contribution in [0.15, 0.2) is 42.5 Å². The Balaban J connectivity index is 0.00000106. The fourth-order valence-electron chi connectivity index (χ4n) is 1.65. The van der Waals surface area contributed by atoms with Crippen LogP contribution in [0.1, 0.15) is 35.3 Å². The zero-order valence-corrected chi connectivity index (χ0v) is 12.6. The Morgan fingerprint density at radius 2 is 1.71 bits per heavy atom. The monoisotopic (exact) mass is 287 g/mol. The van der Waals surface area contributed by atoms with E-state index in [2.05, 4.69) is 5.32 Å². The average Bonchev–Trinajstić information content (AvgIpc) is 2.52. The first kappa shape index (κ1) is 16.7. The molecule has 0 bridgehead atoms. The third kappa shape index (κ3) is 4.61. The molecule has 0 unspecified atom stereocenters. The van der Waals surface area contributed by atoms with Crippen LogP contribution in [-0.2, 0) is 6.61 Å². The largest absolute Gasteiger partial charge is 0.508 e. The molecule has 0 aliphatic carbocycles. The molecule has 0 saturated carbocycles. The van der Waals surface area contributed by atoms with E-state index in [4.69, 9.17) is 5.11 Å². The predicted octanol–water partition coefficient (Wildman–Crippen LogP) is 3.47. The van der Waals surface area contributed by atoms with Crippen LogP contribution in [-0.4, -0.2) is 16.1 Å². The van der Waals surface area contributed by atoms with Gasteiger partial charge in [-0.2, -0.15) is 0 Å². The third-order valence-electron chi connectivity index (χ3n) is 2.87. The highest BCUT2D eigenvalue weighted by Crippen LogP contribution is 2.18. The summed E-state index contributed by atoms with van der Waals surface area (Å²) in [5, 5.41) is 21.2. The standard InChI is InChI=1S/C15H15NO3.C2H6/c1-10-2-5-12(8-14(10)18)15(19)16-13-6-3-11(9-17)4-7-13;1-2/h2-8,17-18H,9H2,1H3,(H,16,19);1-2H3. The molecular weight excluding hydrogens is 266 g/mol. The van der Waals surface area contributed by atoms with E-state index in [0.29, 0.717) is 11.3 Å². The van der Waals surface area contributed by atoms with Gasteiger partial charge in [-0.1, -0.05) is 32.0 Å². The number of aromatic hydroxyl groups is 1. The molecule has 3 N–H and O–H groups in total. The molecule has 0 aliphatic heterocycles. The number of benzene rings is 2. The molecule has 0 aliphatic rings. The van der Waals surface area contributed by atoms with E-state index >= 15 is 0 Å². The number of hydrogen-bond donors (Lipinski definition) is 3. The van der Waals surface area contributed by atoms with Crippen molar-refractivity contribution in [3.8, 4) is 5.75 Å². The number of phenols is 1. The van der Waals surface area contributed by atoms with Gasteiger partial charge in [0.2, 0.25) is 0 Å². The van der Waals surface area contributed by atoms with Gasteiger partial charge < -0.3 is 15.5 Å². The number of nitrogens with one attached hydrogen (secondary N) is 1. The van der Waals surface area contributed by atoms with Crippen LogP contribution in [0.3, 0.4) is 0 Å². The van der Waals surface area contributed by atoms with Crippen LogP contribution >= 0.6 is 0 Å². The van der Waals surface area contributed by atoms with Crippen molar-refractivity contribution < 1.29 is 15.0 Å². The van der Waals surface area contributed by atoms with E-state index < -0.39 is 0 Å². The van der Waals surface area contributed by atoms with Crippen molar-refractivity contribution in [1.82, 2.24) is 0 Å². The molecule has 2 aromatic carbocycles. The number of rotatable bonds is 3. The van der Waals surface area contributed by atoms with Crippen molar-refractivity contribution >= 4 is 11.6 Å². The third-order valence-corrected chi connectivity index (χ3v) is 2.87. The number of aryl methyl sites for hydroxylation is 1. The van der Waals surface area contributed by atoms with E-state index in [9.17, 15) is 9.90 Å². The molecule has 0 heterocycles. The molecule has 2 aromatic rings. The minimum absolute atomic E-state index is 0.0277. The summed E-state index contributed by atoms with van der Waals surface area (Å²) in [5.41, 5.74) is 2.55. The lowest BCUT2D eigenvalue weighted by Gasteiger charge is -2.07. The quantitative estimate of drug-likeness (QED) is 0.809. The lowest BCUT2D eigenvalue weighted by atomic mass is 10.1. The number of phenolic OH excluding ortho intramolecular Hbond substituents is 1. The summed E-state index contributed by atoms with van der Waals surface area (Å²) in [6.45, 7) is 5.74. The molecule has 112 valence electrons. The number of hydrogen-bond acceptors (Lipinski definition) is 3. The highest BCUT2D eigenvalue weighted by atomic mass is 16.3. The fraction of sp³-hybridized carbons (Fsp3) is 0.235. The number of aliphatic hydroxyl groups excluding tert-OH is 1. The van der Waals surface area contributed by atoms with Gasteiger partial charge in [0.1, 0.15) is 5.75 Å². The van der Waals surface area contributed by atoms with Gasteiger partial charge in [0.15, 0.2) is 0 Å². The van der Waals surface area contributed by atoms with Crippen molar-refractivity contribution in [3.05, 3.63) is 59.2 Å². The summed E-state index contributed by atoms with van der Waals surface area (Å²) in [4.78, 5) is 12.0. The van der Waals surface area contributed by atoms with Crippen molar-refractivity contribution in [2.75, 3.05) is 5.32 Å². The second kappa shape index (κ2) is 8.07. The molecule has 1 amide bonds. The van der Waals surface area contributed by atoms with E-state index in [1.165, 1.54) is 6.07 Å². The highest BCUT2D eigenvalue weighted by molar-refractivity contribution is 6.04. The predicted molar refractivity (Wildman–Crippen MR) is 84.5 cm³/mol. The van der Waals surface area contributed by atoms with E-state index in [0.717, 1.165) is 11.1 Å². The maximum absolute atomic E-state index is 12.0. The molecule has 21 heavy (non-hydrogen) atoms. The Morgan fingerprint density at radius 1 is 1.10 bits per heavy atom. The maximum Gasteiger partial charge on any atom is 0.255 e. The smallest absolute Gasteiger partial charge is 0.255 e. The van der Waals surface area contributed by atoms with Crippen molar-refractivity contribution in [1.29, 1.82) is 0 Å². The van der Waals surface area contributed by atoms with Crippen LogP contribution in [0.25, 0.3) is 0 Å². The molecule has 0 radical (unpaired) electrons. The van der Waals surface area contributed by atoms with Crippen molar-refractivity contribution in [2.24, 2.45) is 0 Å². The first-order chi connectivity index (χ1) is 10.1. The molecule has 0 aromatic heterocycles. The summed E-state index contributed by atoms with van der Waals surface area (Å²) < 4.78 is 0. The number of anilines is 1. The van der Waals surface area contributed by atoms with Gasteiger partial charge in [-0.05, 0) is 42.3 Å². The van der Waals surface area contributed by atoms with Gasteiger partial charge in [0.05, 0.1) is 6.61 Å². The molecule has 2 rings (SSSR count). The molecular formula is C17H21NO3. The van der Waals surface area contributed by atoms with Crippen LogP contribution in [0, 0.1) is 6.92 Å². The van der Waals surface area contributed by atoms with Crippen LogP contribution in [0.4, 0.5) is 5.69 Å². The summed E-state index contributed by atoms with van der Waals surface area (Å²) in [6.07, 6.45) is 0. The SMILES string of the molecule is CC.Cc1ccc(C(=O)Nc2ccc(CO)cc2)cc1O. The van der Waals surface area contributed by atoms with Gasteiger partial charge in [-0.15, -0.1) is 0 Å². The molecule has 0 fully saturated rings. The summed E-state index contributed by atoms with van der Waals surface area (Å²) in [7, 11) is 0. The summed E-state index contributed by atoms with van der Waals surface area (Å²) in [5.74, 6) is -0.185. The molecule has 0 atom stereocenters.